The molecule has 17 heavy (non-hydrogen) atoms. The van der Waals surface area contributed by atoms with Crippen LogP contribution in [0.2, 0.25) is 0 Å². The average Bonchev–Trinajstić information content (AvgIpc) is 2.65. The standard InChI is InChI=1S/C13H19O3P/c1-4-5-6-11-7-10(2)8-12-9-16-17(14,15-3)13(11)12/h7-8H,4-6,9H2,1-3H3. The molecule has 1 aromatic carbocycles. The van der Waals surface area contributed by atoms with Gasteiger partial charge in [0.2, 0.25) is 0 Å². The van der Waals surface area contributed by atoms with Crippen LogP contribution in [0.4, 0.5) is 0 Å². The number of hydrogen-bond donors (Lipinski definition) is 0. The highest BCUT2D eigenvalue weighted by atomic mass is 31.2. The second-order valence-corrected chi connectivity index (χ2v) is 6.55. The summed E-state index contributed by atoms with van der Waals surface area (Å²) in [5, 5.41) is 0.819. The molecule has 1 unspecified atom stereocenters. The molecule has 0 aliphatic carbocycles. The molecule has 1 heterocycles. The lowest BCUT2D eigenvalue weighted by Gasteiger charge is -2.14. The van der Waals surface area contributed by atoms with E-state index in [1.807, 2.05) is 6.07 Å². The summed E-state index contributed by atoms with van der Waals surface area (Å²) in [7, 11) is -1.58. The van der Waals surface area contributed by atoms with Crippen molar-refractivity contribution in [3.63, 3.8) is 0 Å². The van der Waals surface area contributed by atoms with Gasteiger partial charge in [0.15, 0.2) is 0 Å². The first-order valence-electron chi connectivity index (χ1n) is 6.04. The van der Waals surface area contributed by atoms with Crippen LogP contribution < -0.4 is 5.30 Å². The Morgan fingerprint density at radius 3 is 2.88 bits per heavy atom. The molecule has 3 nitrogen and oxygen atoms in total. The summed E-state index contributed by atoms with van der Waals surface area (Å²) < 4.78 is 22.9. The molecule has 0 spiro atoms. The molecule has 1 atom stereocenters. The van der Waals surface area contributed by atoms with Crippen molar-refractivity contribution in [1.29, 1.82) is 0 Å². The number of aryl methyl sites for hydroxylation is 2. The number of benzene rings is 1. The Morgan fingerprint density at radius 1 is 1.47 bits per heavy atom. The first-order chi connectivity index (χ1) is 8.10. The lowest BCUT2D eigenvalue weighted by atomic mass is 10.0. The van der Waals surface area contributed by atoms with Crippen LogP contribution in [0.1, 0.15) is 36.5 Å². The molecule has 0 saturated heterocycles. The van der Waals surface area contributed by atoms with Crippen molar-refractivity contribution in [1.82, 2.24) is 0 Å². The van der Waals surface area contributed by atoms with Gasteiger partial charge in [-0.25, -0.2) is 0 Å². The van der Waals surface area contributed by atoms with Gasteiger partial charge in [-0.1, -0.05) is 31.0 Å². The molecule has 1 aliphatic heterocycles. The number of rotatable bonds is 4. The van der Waals surface area contributed by atoms with Crippen LogP contribution in [0.3, 0.4) is 0 Å². The largest absolute Gasteiger partial charge is 0.362 e. The number of fused-ring (bicyclic) bond motifs is 1. The molecular weight excluding hydrogens is 235 g/mol. The maximum Gasteiger partial charge on any atom is 0.362 e. The van der Waals surface area contributed by atoms with E-state index < -0.39 is 7.60 Å². The molecule has 0 fully saturated rings. The molecule has 0 N–H and O–H groups in total. The first kappa shape index (κ1) is 12.8. The quantitative estimate of drug-likeness (QED) is 0.773. The van der Waals surface area contributed by atoms with Crippen LogP contribution in [-0.4, -0.2) is 7.11 Å². The van der Waals surface area contributed by atoms with Gasteiger partial charge in [0.25, 0.3) is 0 Å². The van der Waals surface area contributed by atoms with Crippen LogP contribution in [0, 0.1) is 6.92 Å². The minimum absolute atomic E-state index is 0.404. The third-order valence-corrected chi connectivity index (χ3v) is 5.19. The molecule has 0 amide bonds. The average molecular weight is 254 g/mol. The SMILES string of the molecule is CCCCc1cc(C)cc2c1P(=O)(OC)OC2. The van der Waals surface area contributed by atoms with E-state index >= 15 is 0 Å². The van der Waals surface area contributed by atoms with Crippen molar-refractivity contribution in [2.75, 3.05) is 7.11 Å². The summed E-state index contributed by atoms with van der Waals surface area (Å²) in [6.45, 7) is 4.62. The molecule has 0 aromatic heterocycles. The Morgan fingerprint density at radius 2 is 2.24 bits per heavy atom. The van der Waals surface area contributed by atoms with Gasteiger partial charge in [-0.3, -0.25) is 4.57 Å². The molecule has 1 aromatic rings. The Hall–Kier alpha value is -0.630. The fourth-order valence-electron chi connectivity index (χ4n) is 2.32. The lowest BCUT2D eigenvalue weighted by Crippen LogP contribution is -2.12. The van der Waals surface area contributed by atoms with E-state index in [9.17, 15) is 4.57 Å². The van der Waals surface area contributed by atoms with Crippen molar-refractivity contribution in [3.8, 4) is 0 Å². The molecule has 0 bridgehead atoms. The van der Waals surface area contributed by atoms with Gasteiger partial charge in [0.05, 0.1) is 11.9 Å². The minimum Gasteiger partial charge on any atom is -0.309 e. The summed E-state index contributed by atoms with van der Waals surface area (Å²) in [5.41, 5.74) is 3.36. The second-order valence-electron chi connectivity index (χ2n) is 4.49. The number of hydrogen-bond acceptors (Lipinski definition) is 3. The van der Waals surface area contributed by atoms with E-state index in [4.69, 9.17) is 9.05 Å². The van der Waals surface area contributed by atoms with E-state index in [0.29, 0.717) is 6.61 Å². The number of unbranched alkanes of at least 4 members (excludes halogenated alkanes) is 1. The summed E-state index contributed by atoms with van der Waals surface area (Å²) in [6, 6.07) is 4.15. The van der Waals surface area contributed by atoms with Gasteiger partial charge in [-0.15, -0.1) is 0 Å². The second kappa shape index (κ2) is 4.93. The van der Waals surface area contributed by atoms with Crippen LogP contribution in [0.15, 0.2) is 12.1 Å². The third kappa shape index (κ3) is 2.33. The van der Waals surface area contributed by atoms with Gasteiger partial charge < -0.3 is 9.05 Å². The first-order valence-corrected chi connectivity index (χ1v) is 7.58. The van der Waals surface area contributed by atoms with E-state index in [1.165, 1.54) is 12.7 Å². The van der Waals surface area contributed by atoms with Gasteiger partial charge in [-0.2, -0.15) is 0 Å². The fourth-order valence-corrected chi connectivity index (χ4v) is 4.05. The maximum absolute atomic E-state index is 12.5. The van der Waals surface area contributed by atoms with Crippen LogP contribution in [0.5, 0.6) is 0 Å². The monoisotopic (exact) mass is 254 g/mol. The highest BCUT2D eigenvalue weighted by Gasteiger charge is 2.37. The minimum atomic E-state index is -3.04. The fraction of sp³-hybridized carbons (Fsp3) is 0.538. The Bertz CT molecular complexity index is 468. The molecular formula is C13H19O3P. The molecule has 94 valence electrons. The smallest absolute Gasteiger partial charge is 0.309 e. The third-order valence-electron chi connectivity index (χ3n) is 3.12. The maximum atomic E-state index is 12.5. The van der Waals surface area contributed by atoms with E-state index in [2.05, 4.69) is 19.9 Å². The van der Waals surface area contributed by atoms with E-state index in [0.717, 1.165) is 35.7 Å². The predicted octanol–water partition coefficient (Wildman–Crippen LogP) is 3.33. The summed E-state index contributed by atoms with van der Waals surface area (Å²) in [4.78, 5) is 0. The molecule has 4 heteroatoms. The predicted molar refractivity (Wildman–Crippen MR) is 68.8 cm³/mol. The molecule has 2 rings (SSSR count). The molecule has 0 saturated carbocycles. The Kier molecular flexibility index (Phi) is 3.72. The van der Waals surface area contributed by atoms with Crippen molar-refractivity contribution >= 4 is 12.9 Å². The van der Waals surface area contributed by atoms with Crippen molar-refractivity contribution in [3.05, 3.63) is 28.8 Å². The highest BCUT2D eigenvalue weighted by molar-refractivity contribution is 7.62. The van der Waals surface area contributed by atoms with Crippen LogP contribution in [-0.2, 0) is 26.6 Å². The Labute approximate surface area is 103 Å². The summed E-state index contributed by atoms with van der Waals surface area (Å²) in [5.74, 6) is 0. The molecule has 0 radical (unpaired) electrons. The van der Waals surface area contributed by atoms with Gasteiger partial charge in [-0.05, 0) is 30.9 Å². The zero-order valence-corrected chi connectivity index (χ0v) is 11.5. The summed E-state index contributed by atoms with van der Waals surface area (Å²) in [6.07, 6.45) is 3.16. The summed E-state index contributed by atoms with van der Waals surface area (Å²) >= 11 is 0. The zero-order chi connectivity index (χ0) is 12.5. The van der Waals surface area contributed by atoms with E-state index in [-0.39, 0.29) is 0 Å². The van der Waals surface area contributed by atoms with Crippen LogP contribution >= 0.6 is 7.60 Å². The zero-order valence-electron chi connectivity index (χ0n) is 10.7. The molecule has 1 aliphatic rings. The van der Waals surface area contributed by atoms with Crippen molar-refractivity contribution in [2.45, 2.75) is 39.7 Å². The highest BCUT2D eigenvalue weighted by Crippen LogP contribution is 2.53. The van der Waals surface area contributed by atoms with Gasteiger partial charge >= 0.3 is 7.60 Å². The lowest BCUT2D eigenvalue weighted by molar-refractivity contribution is 0.247. The van der Waals surface area contributed by atoms with Crippen molar-refractivity contribution < 1.29 is 13.6 Å². The van der Waals surface area contributed by atoms with E-state index in [1.54, 1.807) is 0 Å². The van der Waals surface area contributed by atoms with Gasteiger partial charge in [0.1, 0.15) is 0 Å². The van der Waals surface area contributed by atoms with Crippen LogP contribution in [0.25, 0.3) is 0 Å². The Balaban J connectivity index is 2.49. The van der Waals surface area contributed by atoms with Crippen molar-refractivity contribution in [2.24, 2.45) is 0 Å². The van der Waals surface area contributed by atoms with Gasteiger partial charge in [0, 0.05) is 7.11 Å². The topological polar surface area (TPSA) is 35.5 Å². The normalized spacial score (nSPS) is 22.8.